The zero-order chi connectivity index (χ0) is 17.1. The summed E-state index contributed by atoms with van der Waals surface area (Å²) < 4.78 is 5.23. The van der Waals surface area contributed by atoms with Crippen molar-refractivity contribution in [2.24, 2.45) is 0 Å². The van der Waals surface area contributed by atoms with Gasteiger partial charge in [-0.05, 0) is 47.5 Å². The zero-order valence-electron chi connectivity index (χ0n) is 12.4. The maximum Gasteiger partial charge on any atom is 0.343 e. The third-order valence-electron chi connectivity index (χ3n) is 3.45. The lowest BCUT2D eigenvalue weighted by Crippen LogP contribution is -2.08. The molecule has 24 heavy (non-hydrogen) atoms. The van der Waals surface area contributed by atoms with Gasteiger partial charge in [-0.2, -0.15) is 0 Å². The molecule has 0 aliphatic rings. The van der Waals surface area contributed by atoms with Gasteiger partial charge in [0.05, 0.1) is 10.6 Å². The van der Waals surface area contributed by atoms with Crippen LogP contribution in [0.3, 0.4) is 0 Å². The molecule has 3 aromatic carbocycles. The first-order valence-electron chi connectivity index (χ1n) is 7.13. The minimum Gasteiger partial charge on any atom is -0.508 e. The SMILES string of the molecule is O=C(Oc1ccc(O)c(Cl)c1)c1ccc(-c2ccc(O)cc2)cc1. The van der Waals surface area contributed by atoms with Crippen LogP contribution in [0, 0.1) is 0 Å². The number of halogens is 1. The summed E-state index contributed by atoms with van der Waals surface area (Å²) in [7, 11) is 0. The second kappa shape index (κ2) is 6.64. The van der Waals surface area contributed by atoms with Gasteiger partial charge < -0.3 is 14.9 Å². The van der Waals surface area contributed by atoms with E-state index in [-0.39, 0.29) is 22.3 Å². The van der Waals surface area contributed by atoms with Gasteiger partial charge >= 0.3 is 5.97 Å². The Bertz CT molecular complexity index is 871. The molecule has 0 saturated carbocycles. The number of carbonyl (C=O) groups is 1. The normalized spacial score (nSPS) is 10.4. The number of esters is 1. The highest BCUT2D eigenvalue weighted by Crippen LogP contribution is 2.28. The predicted octanol–water partition coefficient (Wildman–Crippen LogP) is 4.64. The Morgan fingerprint density at radius 1 is 0.833 bits per heavy atom. The average molecular weight is 341 g/mol. The molecule has 0 aromatic heterocycles. The van der Waals surface area contributed by atoms with Gasteiger partial charge in [0.15, 0.2) is 0 Å². The highest BCUT2D eigenvalue weighted by atomic mass is 35.5. The van der Waals surface area contributed by atoms with Crippen molar-refractivity contribution in [1.29, 1.82) is 0 Å². The van der Waals surface area contributed by atoms with Gasteiger partial charge in [-0.3, -0.25) is 0 Å². The molecule has 0 fully saturated rings. The van der Waals surface area contributed by atoms with E-state index in [0.717, 1.165) is 11.1 Å². The maximum absolute atomic E-state index is 12.1. The molecule has 0 atom stereocenters. The first-order chi connectivity index (χ1) is 11.5. The van der Waals surface area contributed by atoms with Gasteiger partial charge in [-0.1, -0.05) is 35.9 Å². The van der Waals surface area contributed by atoms with Crippen LogP contribution in [-0.4, -0.2) is 16.2 Å². The Morgan fingerprint density at radius 2 is 1.42 bits per heavy atom. The molecule has 0 saturated heterocycles. The van der Waals surface area contributed by atoms with Crippen molar-refractivity contribution >= 4 is 17.6 Å². The number of aromatic hydroxyl groups is 2. The van der Waals surface area contributed by atoms with E-state index < -0.39 is 5.97 Å². The van der Waals surface area contributed by atoms with Crippen molar-refractivity contribution in [2.75, 3.05) is 0 Å². The summed E-state index contributed by atoms with van der Waals surface area (Å²) in [5.41, 5.74) is 2.24. The Labute approximate surface area is 143 Å². The van der Waals surface area contributed by atoms with Crippen molar-refractivity contribution in [1.82, 2.24) is 0 Å². The summed E-state index contributed by atoms with van der Waals surface area (Å²) in [5, 5.41) is 18.8. The fourth-order valence-electron chi connectivity index (χ4n) is 2.17. The Kier molecular flexibility index (Phi) is 4.40. The minimum atomic E-state index is -0.519. The van der Waals surface area contributed by atoms with Gasteiger partial charge in [0.1, 0.15) is 17.2 Å². The topological polar surface area (TPSA) is 66.8 Å². The number of hydrogen-bond acceptors (Lipinski definition) is 4. The molecule has 0 aliphatic carbocycles. The second-order valence-electron chi connectivity index (χ2n) is 5.13. The van der Waals surface area contributed by atoms with Crippen LogP contribution in [0.15, 0.2) is 66.7 Å². The molecule has 0 radical (unpaired) electrons. The van der Waals surface area contributed by atoms with Gasteiger partial charge in [-0.15, -0.1) is 0 Å². The number of carbonyl (C=O) groups excluding carboxylic acids is 1. The largest absolute Gasteiger partial charge is 0.508 e. The van der Waals surface area contributed by atoms with Gasteiger partial charge in [-0.25, -0.2) is 4.79 Å². The molecule has 2 N–H and O–H groups in total. The van der Waals surface area contributed by atoms with Gasteiger partial charge in [0.2, 0.25) is 0 Å². The highest BCUT2D eigenvalue weighted by Gasteiger charge is 2.10. The molecule has 0 unspecified atom stereocenters. The monoisotopic (exact) mass is 340 g/mol. The lowest BCUT2D eigenvalue weighted by molar-refractivity contribution is 0.0734. The van der Waals surface area contributed by atoms with E-state index in [4.69, 9.17) is 16.3 Å². The van der Waals surface area contributed by atoms with Crippen LogP contribution >= 0.6 is 11.6 Å². The molecular weight excluding hydrogens is 328 g/mol. The molecule has 3 aromatic rings. The van der Waals surface area contributed by atoms with Crippen LogP contribution in [0.4, 0.5) is 0 Å². The fourth-order valence-corrected chi connectivity index (χ4v) is 2.34. The number of ether oxygens (including phenoxy) is 1. The van der Waals surface area contributed by atoms with Gasteiger partial charge in [0, 0.05) is 6.07 Å². The van der Waals surface area contributed by atoms with Crippen LogP contribution in [0.25, 0.3) is 11.1 Å². The third-order valence-corrected chi connectivity index (χ3v) is 3.75. The molecule has 120 valence electrons. The highest BCUT2D eigenvalue weighted by molar-refractivity contribution is 6.32. The quantitative estimate of drug-likeness (QED) is 0.538. The summed E-state index contributed by atoms with van der Waals surface area (Å²) in [6.07, 6.45) is 0. The van der Waals surface area contributed by atoms with E-state index in [0.29, 0.717) is 5.56 Å². The lowest BCUT2D eigenvalue weighted by atomic mass is 10.0. The summed E-state index contributed by atoms with van der Waals surface area (Å²) in [5.74, 6) is -0.138. The lowest BCUT2D eigenvalue weighted by Gasteiger charge is -2.07. The summed E-state index contributed by atoms with van der Waals surface area (Å²) in [6.45, 7) is 0. The van der Waals surface area contributed by atoms with Crippen LogP contribution < -0.4 is 4.74 Å². The smallest absolute Gasteiger partial charge is 0.343 e. The zero-order valence-corrected chi connectivity index (χ0v) is 13.2. The Hall–Kier alpha value is -2.98. The van der Waals surface area contributed by atoms with Crippen molar-refractivity contribution in [2.45, 2.75) is 0 Å². The molecule has 5 heteroatoms. The van der Waals surface area contributed by atoms with E-state index in [1.54, 1.807) is 48.5 Å². The Morgan fingerprint density at radius 3 is 2.00 bits per heavy atom. The minimum absolute atomic E-state index is 0.0743. The van der Waals surface area contributed by atoms with E-state index in [1.165, 1.54) is 18.2 Å². The van der Waals surface area contributed by atoms with Crippen molar-refractivity contribution in [3.63, 3.8) is 0 Å². The van der Waals surface area contributed by atoms with Crippen LogP contribution in [0.2, 0.25) is 5.02 Å². The first kappa shape index (κ1) is 15.9. The molecule has 0 heterocycles. The predicted molar refractivity (Wildman–Crippen MR) is 91.6 cm³/mol. The van der Waals surface area contributed by atoms with Crippen LogP contribution in [0.5, 0.6) is 17.2 Å². The second-order valence-corrected chi connectivity index (χ2v) is 5.53. The summed E-state index contributed by atoms with van der Waals surface area (Å²) in [6, 6.07) is 17.9. The van der Waals surface area contributed by atoms with Crippen molar-refractivity contribution < 1.29 is 19.7 Å². The molecule has 4 nitrogen and oxygen atoms in total. The van der Waals surface area contributed by atoms with Crippen LogP contribution in [-0.2, 0) is 0 Å². The number of phenolic OH excluding ortho intramolecular Hbond substituents is 2. The summed E-state index contributed by atoms with van der Waals surface area (Å²) >= 11 is 5.78. The van der Waals surface area contributed by atoms with Gasteiger partial charge in [0.25, 0.3) is 0 Å². The van der Waals surface area contributed by atoms with Crippen molar-refractivity contribution in [3.8, 4) is 28.4 Å². The first-order valence-corrected chi connectivity index (χ1v) is 7.51. The van der Waals surface area contributed by atoms with Crippen LogP contribution in [0.1, 0.15) is 10.4 Å². The Balaban J connectivity index is 1.76. The average Bonchev–Trinajstić information content (AvgIpc) is 2.59. The molecular formula is C19H13ClO4. The number of rotatable bonds is 3. The van der Waals surface area contributed by atoms with E-state index in [9.17, 15) is 15.0 Å². The van der Waals surface area contributed by atoms with E-state index in [2.05, 4.69) is 0 Å². The molecule has 0 bridgehead atoms. The van der Waals surface area contributed by atoms with E-state index >= 15 is 0 Å². The molecule has 0 aliphatic heterocycles. The number of benzene rings is 3. The molecule has 3 rings (SSSR count). The number of phenols is 2. The van der Waals surface area contributed by atoms with Crippen molar-refractivity contribution in [3.05, 3.63) is 77.3 Å². The van der Waals surface area contributed by atoms with E-state index in [1.807, 2.05) is 0 Å². The standard InChI is InChI=1S/C19H13ClO4/c20-17-11-16(9-10-18(17)22)24-19(23)14-3-1-12(2-4-14)13-5-7-15(21)8-6-13/h1-11,21-22H. The number of hydrogen-bond donors (Lipinski definition) is 2. The third kappa shape index (κ3) is 3.50. The summed E-state index contributed by atoms with van der Waals surface area (Å²) in [4.78, 5) is 12.1. The molecule has 0 spiro atoms. The molecule has 0 amide bonds. The maximum atomic E-state index is 12.1. The fraction of sp³-hybridized carbons (Fsp3) is 0.